The van der Waals surface area contributed by atoms with Crippen molar-refractivity contribution >= 4 is 0 Å². The molecule has 0 radical (unpaired) electrons. The molecule has 0 saturated heterocycles. The molecule has 0 unspecified atom stereocenters. The van der Waals surface area contributed by atoms with Crippen molar-refractivity contribution in [3.63, 3.8) is 0 Å². The minimum absolute atomic E-state index is 0.0693. The molecule has 0 amide bonds. The van der Waals surface area contributed by atoms with Gasteiger partial charge in [-0.2, -0.15) is 0 Å². The highest BCUT2D eigenvalue weighted by molar-refractivity contribution is 5.33. The molecule has 0 aliphatic rings. The summed E-state index contributed by atoms with van der Waals surface area (Å²) in [5.41, 5.74) is 4.22. The Hall–Kier alpha value is -1.58. The summed E-state index contributed by atoms with van der Waals surface area (Å²) in [5, 5.41) is 37.4. The summed E-state index contributed by atoms with van der Waals surface area (Å²) in [5.74, 6) is 0.0693. The zero-order valence-corrected chi connectivity index (χ0v) is 11.0. The highest BCUT2D eigenvalue weighted by Crippen LogP contribution is 2.25. The van der Waals surface area contributed by atoms with E-state index < -0.39 is 12.2 Å². The van der Waals surface area contributed by atoms with Crippen LogP contribution in [-0.2, 0) is 0 Å². The lowest BCUT2D eigenvalue weighted by atomic mass is 10.1. The Balaban J connectivity index is 2.61. The van der Waals surface area contributed by atoms with Crippen LogP contribution in [0.3, 0.4) is 0 Å². The second-order valence-corrected chi connectivity index (χ2v) is 4.48. The van der Waals surface area contributed by atoms with Crippen molar-refractivity contribution < 1.29 is 20.4 Å². The van der Waals surface area contributed by atoms with E-state index in [0.717, 1.165) is 5.57 Å². The molecule has 2 atom stereocenters. The largest absolute Gasteiger partial charge is 0.508 e. The topological polar surface area (TPSA) is 80.9 Å². The van der Waals surface area contributed by atoms with Gasteiger partial charge in [0.25, 0.3) is 0 Å². The van der Waals surface area contributed by atoms with Gasteiger partial charge in [-0.05, 0) is 24.6 Å². The van der Waals surface area contributed by atoms with E-state index in [1.54, 1.807) is 31.2 Å². The molecular formula is C15H20O4. The summed E-state index contributed by atoms with van der Waals surface area (Å²) in [7, 11) is 0. The van der Waals surface area contributed by atoms with E-state index in [4.69, 9.17) is 5.11 Å². The second-order valence-electron chi connectivity index (χ2n) is 4.48. The highest BCUT2D eigenvalue weighted by Gasteiger charge is 2.09. The first-order valence-corrected chi connectivity index (χ1v) is 6.20. The van der Waals surface area contributed by atoms with Gasteiger partial charge >= 0.3 is 0 Å². The number of para-hydroxylation sites is 1. The van der Waals surface area contributed by atoms with E-state index >= 15 is 0 Å². The lowest BCUT2D eigenvalue weighted by Gasteiger charge is -2.09. The van der Waals surface area contributed by atoms with Gasteiger partial charge in [-0.15, -0.1) is 5.73 Å². The van der Waals surface area contributed by atoms with Gasteiger partial charge in [0.05, 0.1) is 18.8 Å². The fourth-order valence-electron chi connectivity index (χ4n) is 1.72. The van der Waals surface area contributed by atoms with Gasteiger partial charge in [0.15, 0.2) is 0 Å². The smallest absolute Gasteiger partial charge is 0.121 e. The predicted molar refractivity (Wildman–Crippen MR) is 72.7 cm³/mol. The minimum Gasteiger partial charge on any atom is -0.508 e. The Morgan fingerprint density at radius 2 is 2.00 bits per heavy atom. The Labute approximate surface area is 113 Å². The number of rotatable bonds is 6. The molecule has 1 aromatic carbocycles. The molecule has 0 heterocycles. The maximum absolute atomic E-state index is 9.91. The van der Waals surface area contributed by atoms with Crippen LogP contribution in [0.5, 0.6) is 5.75 Å². The summed E-state index contributed by atoms with van der Waals surface area (Å²) in [4.78, 5) is 0. The molecule has 19 heavy (non-hydrogen) atoms. The first-order chi connectivity index (χ1) is 9.04. The van der Waals surface area contributed by atoms with Gasteiger partial charge in [0.1, 0.15) is 5.75 Å². The third-order valence-electron chi connectivity index (χ3n) is 2.74. The van der Waals surface area contributed by atoms with Crippen molar-refractivity contribution in [2.45, 2.75) is 32.0 Å². The molecule has 104 valence electrons. The van der Waals surface area contributed by atoms with Gasteiger partial charge in [-0.1, -0.05) is 18.2 Å². The van der Waals surface area contributed by atoms with E-state index in [1.165, 1.54) is 6.07 Å². The van der Waals surface area contributed by atoms with Crippen molar-refractivity contribution in [2.24, 2.45) is 0 Å². The van der Waals surface area contributed by atoms with Crippen molar-refractivity contribution in [1.29, 1.82) is 0 Å². The van der Waals surface area contributed by atoms with Crippen molar-refractivity contribution in [1.82, 2.24) is 0 Å². The van der Waals surface area contributed by atoms with Crippen LogP contribution >= 0.6 is 0 Å². The van der Waals surface area contributed by atoms with E-state index in [9.17, 15) is 15.3 Å². The number of hydrogen-bond acceptors (Lipinski definition) is 4. The average molecular weight is 264 g/mol. The summed E-state index contributed by atoms with van der Waals surface area (Å²) >= 11 is 0. The number of aromatic hydroxyl groups is 1. The van der Waals surface area contributed by atoms with Gasteiger partial charge in [0, 0.05) is 18.4 Å². The van der Waals surface area contributed by atoms with E-state index in [-0.39, 0.29) is 12.4 Å². The third-order valence-corrected chi connectivity index (χ3v) is 2.74. The van der Waals surface area contributed by atoms with Crippen LogP contribution in [0.15, 0.2) is 41.6 Å². The third kappa shape index (κ3) is 5.28. The van der Waals surface area contributed by atoms with Crippen LogP contribution < -0.4 is 0 Å². The van der Waals surface area contributed by atoms with Crippen molar-refractivity contribution in [3.05, 3.63) is 47.2 Å². The standard InChI is InChI=1S/C15H20O4/c1-11(9-12(17)10-16)5-4-8-15(19)13-6-2-3-7-14(13)18/h2-4,6-7,12,15-19H,8-10H2,1H3/t5?,12-,15-/m1/s1. The Bertz CT molecular complexity index is 461. The number of aliphatic hydroxyl groups excluding tert-OH is 3. The molecule has 0 fully saturated rings. The first-order valence-electron chi connectivity index (χ1n) is 6.20. The average Bonchev–Trinajstić information content (AvgIpc) is 2.38. The molecule has 0 aliphatic heterocycles. The number of phenolic OH excluding ortho intramolecular Hbond substituents is 1. The normalized spacial score (nSPS) is 13.5. The van der Waals surface area contributed by atoms with Gasteiger partial charge in [-0.3, -0.25) is 0 Å². The lowest BCUT2D eigenvalue weighted by molar-refractivity contribution is 0.0955. The number of hydrogen-bond donors (Lipinski definition) is 4. The molecule has 0 aliphatic carbocycles. The first kappa shape index (κ1) is 15.5. The number of phenols is 1. The lowest BCUT2D eigenvalue weighted by Crippen LogP contribution is -2.11. The SMILES string of the molecule is CC(=C=CC[C@@H](O)c1ccccc1O)C[C@@H](O)CO. The second kappa shape index (κ2) is 7.77. The molecular weight excluding hydrogens is 244 g/mol. The van der Waals surface area contributed by atoms with Crippen LogP contribution in [-0.4, -0.2) is 33.1 Å². The highest BCUT2D eigenvalue weighted by atomic mass is 16.3. The molecule has 4 N–H and O–H groups in total. The molecule has 0 bridgehead atoms. The van der Waals surface area contributed by atoms with Crippen LogP contribution in [0.25, 0.3) is 0 Å². The predicted octanol–water partition coefficient (Wildman–Crippen LogP) is 1.66. The Kier molecular flexibility index (Phi) is 6.33. The summed E-state index contributed by atoms with van der Waals surface area (Å²) in [6.45, 7) is 1.52. The Morgan fingerprint density at radius 3 is 2.63 bits per heavy atom. The molecule has 0 saturated carbocycles. The minimum atomic E-state index is -0.788. The molecule has 4 nitrogen and oxygen atoms in total. The van der Waals surface area contributed by atoms with Crippen LogP contribution in [0.1, 0.15) is 31.4 Å². The molecule has 1 rings (SSSR count). The van der Waals surface area contributed by atoms with Crippen LogP contribution in [0.4, 0.5) is 0 Å². The quantitative estimate of drug-likeness (QED) is 0.589. The maximum atomic E-state index is 9.91. The fraction of sp³-hybridized carbons (Fsp3) is 0.400. The van der Waals surface area contributed by atoms with Crippen LogP contribution in [0, 0.1) is 0 Å². The van der Waals surface area contributed by atoms with E-state index in [2.05, 4.69) is 5.73 Å². The molecule has 4 heteroatoms. The summed E-state index contributed by atoms with van der Waals surface area (Å²) in [6.07, 6.45) is 0.772. The monoisotopic (exact) mass is 264 g/mol. The fourth-order valence-corrected chi connectivity index (χ4v) is 1.72. The van der Waals surface area contributed by atoms with Crippen LogP contribution in [0.2, 0.25) is 0 Å². The van der Waals surface area contributed by atoms with Crippen molar-refractivity contribution in [2.75, 3.05) is 6.61 Å². The number of benzene rings is 1. The van der Waals surface area contributed by atoms with E-state index in [1.807, 2.05) is 0 Å². The zero-order chi connectivity index (χ0) is 14.3. The summed E-state index contributed by atoms with van der Waals surface area (Å²) in [6, 6.07) is 6.64. The maximum Gasteiger partial charge on any atom is 0.121 e. The number of aliphatic hydroxyl groups is 3. The van der Waals surface area contributed by atoms with Crippen molar-refractivity contribution in [3.8, 4) is 5.75 Å². The summed E-state index contributed by atoms with van der Waals surface area (Å²) < 4.78 is 0. The molecule has 0 spiro atoms. The molecule has 0 aromatic heterocycles. The Morgan fingerprint density at radius 1 is 1.32 bits per heavy atom. The van der Waals surface area contributed by atoms with Gasteiger partial charge in [0.2, 0.25) is 0 Å². The molecule has 1 aromatic rings. The van der Waals surface area contributed by atoms with Gasteiger partial charge < -0.3 is 20.4 Å². The van der Waals surface area contributed by atoms with E-state index in [0.29, 0.717) is 18.4 Å². The zero-order valence-electron chi connectivity index (χ0n) is 11.0. The van der Waals surface area contributed by atoms with Gasteiger partial charge in [-0.25, -0.2) is 0 Å².